The van der Waals surface area contributed by atoms with E-state index in [1.165, 1.54) is 6.33 Å². The highest BCUT2D eigenvalue weighted by Crippen LogP contribution is 2.33. The number of esters is 1. The van der Waals surface area contributed by atoms with Gasteiger partial charge in [0.1, 0.15) is 24.5 Å². The summed E-state index contributed by atoms with van der Waals surface area (Å²) in [4.78, 5) is 37.7. The Hall–Kier alpha value is -4.02. The van der Waals surface area contributed by atoms with E-state index >= 15 is 0 Å². The first-order valence-corrected chi connectivity index (χ1v) is 13.3. The predicted molar refractivity (Wildman–Crippen MR) is 150 cm³/mol. The summed E-state index contributed by atoms with van der Waals surface area (Å²) in [5, 5.41) is 7.23. The first kappa shape index (κ1) is 26.6. The van der Waals surface area contributed by atoms with E-state index in [1.807, 2.05) is 43.3 Å². The van der Waals surface area contributed by atoms with Gasteiger partial charge in [0.05, 0.1) is 30.4 Å². The number of benzene rings is 2. The van der Waals surface area contributed by atoms with Gasteiger partial charge in [-0.2, -0.15) is 0 Å². The largest absolute Gasteiger partial charge is 0.492 e. The molecule has 39 heavy (non-hydrogen) atoms. The summed E-state index contributed by atoms with van der Waals surface area (Å²) in [5.74, 6) is 0.828. The predicted octanol–water partition coefficient (Wildman–Crippen LogP) is 3.24. The van der Waals surface area contributed by atoms with Crippen LogP contribution in [0.5, 0.6) is 5.75 Å². The Bertz CT molecular complexity index is 1350. The third kappa shape index (κ3) is 6.52. The lowest BCUT2D eigenvalue weighted by molar-refractivity contribution is -0.157. The maximum atomic E-state index is 12.9. The molecule has 0 aliphatic carbocycles. The molecule has 2 fully saturated rings. The molecule has 0 bridgehead atoms. The number of nitrogens with one attached hydrogen (secondary N) is 2. The van der Waals surface area contributed by atoms with E-state index in [4.69, 9.17) is 9.47 Å². The van der Waals surface area contributed by atoms with Crippen LogP contribution in [0.15, 0.2) is 60.9 Å². The molecule has 1 unspecified atom stereocenters. The highest BCUT2D eigenvalue weighted by atomic mass is 16.5. The number of aromatic nitrogens is 2. The van der Waals surface area contributed by atoms with Crippen molar-refractivity contribution in [1.82, 2.24) is 19.8 Å². The molecule has 0 radical (unpaired) electrons. The third-order valence-electron chi connectivity index (χ3n) is 7.04. The number of hydrogen-bond acceptors (Lipinski definition) is 9. The van der Waals surface area contributed by atoms with Gasteiger partial charge in [-0.25, -0.2) is 9.97 Å². The van der Waals surface area contributed by atoms with Crippen LogP contribution in [0.25, 0.3) is 10.9 Å². The lowest BCUT2D eigenvalue weighted by Gasteiger charge is -2.42. The third-order valence-corrected chi connectivity index (χ3v) is 7.04. The smallest absolute Gasteiger partial charge is 0.320 e. The lowest BCUT2D eigenvalue weighted by Crippen LogP contribution is -2.59. The van der Waals surface area contributed by atoms with E-state index in [-0.39, 0.29) is 24.0 Å². The summed E-state index contributed by atoms with van der Waals surface area (Å²) in [7, 11) is 0. The van der Waals surface area contributed by atoms with Crippen LogP contribution < -0.4 is 15.4 Å². The van der Waals surface area contributed by atoms with Gasteiger partial charge in [-0.15, -0.1) is 0 Å². The van der Waals surface area contributed by atoms with Gasteiger partial charge >= 0.3 is 5.97 Å². The fraction of sp³-hybridized carbons (Fsp3) is 0.379. The Labute approximate surface area is 228 Å². The summed E-state index contributed by atoms with van der Waals surface area (Å²) in [6.07, 6.45) is 4.93. The number of ether oxygens (including phenoxy) is 2. The van der Waals surface area contributed by atoms with Gasteiger partial charge in [0.25, 0.3) is 0 Å². The molecule has 2 saturated heterocycles. The summed E-state index contributed by atoms with van der Waals surface area (Å²) in [5.41, 5.74) is 2.42. The van der Waals surface area contributed by atoms with Crippen molar-refractivity contribution in [3.05, 3.63) is 66.5 Å². The highest BCUT2D eigenvalue weighted by molar-refractivity contribution is 6.03. The number of morpholine rings is 1. The highest BCUT2D eigenvalue weighted by Gasteiger charge is 2.32. The quantitative estimate of drug-likeness (QED) is 0.318. The van der Waals surface area contributed by atoms with E-state index < -0.39 is 0 Å². The van der Waals surface area contributed by atoms with Crippen molar-refractivity contribution in [2.24, 2.45) is 0 Å². The summed E-state index contributed by atoms with van der Waals surface area (Å²) in [6.45, 7) is 8.31. The molecule has 204 valence electrons. The van der Waals surface area contributed by atoms with Crippen molar-refractivity contribution in [1.29, 1.82) is 0 Å². The fourth-order valence-electron chi connectivity index (χ4n) is 4.97. The van der Waals surface area contributed by atoms with Crippen LogP contribution >= 0.6 is 0 Å². The van der Waals surface area contributed by atoms with Gasteiger partial charge in [0.15, 0.2) is 0 Å². The molecule has 1 aromatic heterocycles. The molecular weight excluding hydrogens is 496 g/mol. The minimum absolute atomic E-state index is 0.0272. The Balaban J connectivity index is 1.27. The van der Waals surface area contributed by atoms with Crippen molar-refractivity contribution in [2.45, 2.75) is 25.9 Å². The van der Waals surface area contributed by atoms with Gasteiger partial charge in [0, 0.05) is 49.7 Å². The number of cyclic esters (lactones) is 1. The SMILES string of the molecule is CCOc1cc2ncnc(NC(C)c3ccccc3)c2cc1NC(=O)C=CCN1CCN2CC(=O)OC[C@H]2C1. The number of anilines is 2. The second-order valence-electron chi connectivity index (χ2n) is 9.76. The fourth-order valence-corrected chi connectivity index (χ4v) is 4.97. The molecule has 1 amide bonds. The van der Waals surface area contributed by atoms with Gasteiger partial charge in [-0.05, 0) is 25.5 Å². The summed E-state index contributed by atoms with van der Waals surface area (Å²) < 4.78 is 11.0. The van der Waals surface area contributed by atoms with Crippen LogP contribution in [0.2, 0.25) is 0 Å². The first-order chi connectivity index (χ1) is 19.0. The molecule has 0 saturated carbocycles. The Morgan fingerprint density at radius 3 is 2.90 bits per heavy atom. The van der Waals surface area contributed by atoms with Crippen LogP contribution in [0.1, 0.15) is 25.5 Å². The Morgan fingerprint density at radius 1 is 1.23 bits per heavy atom. The maximum absolute atomic E-state index is 12.9. The van der Waals surface area contributed by atoms with Crippen molar-refractivity contribution in [2.75, 3.05) is 56.6 Å². The molecule has 3 aromatic rings. The zero-order valence-corrected chi connectivity index (χ0v) is 22.3. The molecule has 0 spiro atoms. The van der Waals surface area contributed by atoms with Crippen LogP contribution in [0.4, 0.5) is 11.5 Å². The molecular formula is C29H34N6O4. The van der Waals surface area contributed by atoms with E-state index in [2.05, 4.69) is 49.5 Å². The Morgan fingerprint density at radius 2 is 2.08 bits per heavy atom. The summed E-state index contributed by atoms with van der Waals surface area (Å²) in [6, 6.07) is 14.1. The summed E-state index contributed by atoms with van der Waals surface area (Å²) >= 11 is 0. The minimum atomic E-state index is -0.246. The second-order valence-corrected chi connectivity index (χ2v) is 9.76. The molecule has 5 rings (SSSR count). The zero-order valence-electron chi connectivity index (χ0n) is 22.3. The van der Waals surface area contributed by atoms with Gasteiger partial charge in [0.2, 0.25) is 5.91 Å². The number of hydrogen-bond donors (Lipinski definition) is 2. The first-order valence-electron chi connectivity index (χ1n) is 13.3. The van der Waals surface area contributed by atoms with Crippen molar-refractivity contribution in [3.63, 3.8) is 0 Å². The minimum Gasteiger partial charge on any atom is -0.492 e. The topological polar surface area (TPSA) is 109 Å². The normalized spacial score (nSPS) is 18.9. The molecule has 2 aromatic carbocycles. The van der Waals surface area contributed by atoms with Crippen molar-refractivity contribution < 1.29 is 19.1 Å². The standard InChI is InChI=1S/C29H34N6O4/c1-3-38-26-15-24-23(29(31-19-30-24)32-20(2)21-8-5-4-6-9-21)14-25(26)33-27(36)10-7-11-34-12-13-35-17-28(37)39-18-22(35)16-34/h4-10,14-15,19-20,22H,3,11-13,16-18H2,1-2H3,(H,33,36)(H,30,31,32)/t20?,22-/m1/s1. The molecule has 10 heteroatoms. The van der Waals surface area contributed by atoms with Crippen LogP contribution in [0.3, 0.4) is 0 Å². The number of amides is 1. The monoisotopic (exact) mass is 530 g/mol. The van der Waals surface area contributed by atoms with Gasteiger partial charge < -0.3 is 20.1 Å². The second kappa shape index (κ2) is 12.2. The molecule has 10 nitrogen and oxygen atoms in total. The molecule has 2 aliphatic heterocycles. The van der Waals surface area contributed by atoms with Crippen molar-refractivity contribution in [3.8, 4) is 5.75 Å². The van der Waals surface area contributed by atoms with Gasteiger partial charge in [-0.3, -0.25) is 19.4 Å². The van der Waals surface area contributed by atoms with Crippen LogP contribution in [-0.2, 0) is 14.3 Å². The number of nitrogens with zero attached hydrogens (tertiary/aromatic N) is 4. The van der Waals surface area contributed by atoms with E-state index in [0.29, 0.717) is 43.6 Å². The number of fused-ring (bicyclic) bond motifs is 2. The van der Waals surface area contributed by atoms with E-state index in [1.54, 1.807) is 6.08 Å². The average molecular weight is 531 g/mol. The maximum Gasteiger partial charge on any atom is 0.320 e. The molecule has 2 atom stereocenters. The lowest BCUT2D eigenvalue weighted by atomic mass is 10.1. The number of carbonyl (C=O) groups is 2. The Kier molecular flexibility index (Phi) is 8.33. The zero-order chi connectivity index (χ0) is 27.2. The van der Waals surface area contributed by atoms with E-state index in [9.17, 15) is 9.59 Å². The molecule has 3 heterocycles. The number of piperazine rings is 1. The van der Waals surface area contributed by atoms with Crippen LogP contribution in [-0.4, -0.2) is 83.6 Å². The van der Waals surface area contributed by atoms with Crippen LogP contribution in [0, 0.1) is 0 Å². The number of carbonyl (C=O) groups excluding carboxylic acids is 2. The van der Waals surface area contributed by atoms with Gasteiger partial charge in [-0.1, -0.05) is 36.4 Å². The number of rotatable bonds is 9. The van der Waals surface area contributed by atoms with Crippen molar-refractivity contribution >= 4 is 34.3 Å². The van der Waals surface area contributed by atoms with E-state index in [0.717, 1.165) is 36.1 Å². The molecule has 2 aliphatic rings. The average Bonchev–Trinajstić information content (AvgIpc) is 2.94. The molecule has 2 N–H and O–H groups in total.